The van der Waals surface area contributed by atoms with Crippen LogP contribution in [0, 0.1) is 0 Å². The van der Waals surface area contributed by atoms with Crippen molar-refractivity contribution in [2.75, 3.05) is 7.11 Å². The van der Waals surface area contributed by atoms with E-state index in [1.54, 1.807) is 7.11 Å². The first-order valence-corrected chi connectivity index (χ1v) is 7.17. The van der Waals surface area contributed by atoms with Crippen LogP contribution in [0.3, 0.4) is 0 Å². The smallest absolute Gasteiger partial charge is 0.124 e. The molecule has 2 aromatic rings. The van der Waals surface area contributed by atoms with E-state index in [2.05, 4.69) is 12.2 Å². The molecule has 0 aliphatic heterocycles. The van der Waals surface area contributed by atoms with Crippen LogP contribution in [0.15, 0.2) is 42.5 Å². The van der Waals surface area contributed by atoms with Crippen LogP contribution in [0.4, 0.5) is 0 Å². The molecule has 0 aliphatic rings. The fourth-order valence-electron chi connectivity index (χ4n) is 2.03. The molecular formula is C16H17Cl2NO. The summed E-state index contributed by atoms with van der Waals surface area (Å²) in [6.07, 6.45) is 0. The Morgan fingerprint density at radius 3 is 2.45 bits per heavy atom. The van der Waals surface area contributed by atoms with E-state index in [4.69, 9.17) is 27.9 Å². The minimum Gasteiger partial charge on any atom is -0.496 e. The summed E-state index contributed by atoms with van der Waals surface area (Å²) in [5, 5.41) is 4.90. The minimum absolute atomic E-state index is 0.202. The van der Waals surface area contributed by atoms with Gasteiger partial charge in [-0.1, -0.05) is 41.4 Å². The Morgan fingerprint density at radius 1 is 1.10 bits per heavy atom. The lowest BCUT2D eigenvalue weighted by Gasteiger charge is -2.16. The van der Waals surface area contributed by atoms with E-state index >= 15 is 0 Å². The van der Waals surface area contributed by atoms with Crippen molar-refractivity contribution < 1.29 is 4.74 Å². The molecule has 0 radical (unpaired) electrons. The first kappa shape index (κ1) is 15.2. The third-order valence-corrected chi connectivity index (χ3v) is 3.86. The van der Waals surface area contributed by atoms with Crippen molar-refractivity contribution in [3.63, 3.8) is 0 Å². The van der Waals surface area contributed by atoms with E-state index in [9.17, 15) is 0 Å². The molecule has 106 valence electrons. The van der Waals surface area contributed by atoms with Gasteiger partial charge >= 0.3 is 0 Å². The fourth-order valence-corrected chi connectivity index (χ4v) is 2.38. The maximum Gasteiger partial charge on any atom is 0.124 e. The zero-order valence-corrected chi connectivity index (χ0v) is 13.0. The zero-order valence-electron chi connectivity index (χ0n) is 11.5. The molecule has 0 heterocycles. The molecule has 4 heteroatoms. The van der Waals surface area contributed by atoms with Crippen molar-refractivity contribution >= 4 is 23.2 Å². The van der Waals surface area contributed by atoms with Crippen LogP contribution in [0.5, 0.6) is 5.75 Å². The topological polar surface area (TPSA) is 21.3 Å². The lowest BCUT2D eigenvalue weighted by atomic mass is 10.1. The van der Waals surface area contributed by atoms with Gasteiger partial charge in [-0.15, -0.1) is 0 Å². The van der Waals surface area contributed by atoms with Crippen molar-refractivity contribution in [2.45, 2.75) is 19.5 Å². The first-order valence-electron chi connectivity index (χ1n) is 6.42. The van der Waals surface area contributed by atoms with Crippen molar-refractivity contribution in [3.8, 4) is 5.75 Å². The maximum absolute atomic E-state index is 6.22. The van der Waals surface area contributed by atoms with Crippen molar-refractivity contribution in [3.05, 3.63) is 63.6 Å². The molecule has 1 N–H and O–H groups in total. The number of hydrogen-bond donors (Lipinski definition) is 1. The normalized spacial score (nSPS) is 12.2. The van der Waals surface area contributed by atoms with E-state index < -0.39 is 0 Å². The van der Waals surface area contributed by atoms with Crippen LogP contribution in [0.1, 0.15) is 24.1 Å². The van der Waals surface area contributed by atoms with Gasteiger partial charge in [0.05, 0.1) is 7.11 Å². The summed E-state index contributed by atoms with van der Waals surface area (Å²) in [4.78, 5) is 0. The molecule has 0 amide bonds. The summed E-state index contributed by atoms with van der Waals surface area (Å²) in [7, 11) is 1.65. The summed E-state index contributed by atoms with van der Waals surface area (Å²) in [5.74, 6) is 0.799. The fraction of sp³-hybridized carbons (Fsp3) is 0.250. The average molecular weight is 310 g/mol. The number of benzene rings is 2. The number of halogens is 2. The number of methoxy groups -OCH3 is 1. The highest BCUT2D eigenvalue weighted by Crippen LogP contribution is 2.27. The molecule has 0 saturated heterocycles. The van der Waals surface area contributed by atoms with Gasteiger partial charge in [-0.2, -0.15) is 0 Å². The van der Waals surface area contributed by atoms with Crippen LogP contribution in [0.25, 0.3) is 0 Å². The Balaban J connectivity index is 2.07. The molecule has 0 unspecified atom stereocenters. The lowest BCUT2D eigenvalue weighted by Crippen LogP contribution is -2.18. The predicted molar refractivity (Wildman–Crippen MR) is 84.7 cm³/mol. The summed E-state index contributed by atoms with van der Waals surface area (Å²) in [6, 6.07) is 13.7. The Hall–Kier alpha value is -1.22. The van der Waals surface area contributed by atoms with Gasteiger partial charge in [0.15, 0.2) is 0 Å². The predicted octanol–water partition coefficient (Wildman–Crippen LogP) is 4.85. The quantitative estimate of drug-likeness (QED) is 0.852. The van der Waals surface area contributed by atoms with Gasteiger partial charge in [0, 0.05) is 28.2 Å². The molecular weight excluding hydrogens is 293 g/mol. The lowest BCUT2D eigenvalue weighted by molar-refractivity contribution is 0.406. The second kappa shape index (κ2) is 6.98. The maximum atomic E-state index is 6.22. The molecule has 0 aromatic heterocycles. The summed E-state index contributed by atoms with van der Waals surface area (Å²) in [6.45, 7) is 2.75. The number of nitrogens with one attached hydrogen (secondary N) is 1. The minimum atomic E-state index is 0.202. The SMILES string of the molecule is COc1cccc(Cl)c1CN[C@@H](C)c1ccc(Cl)cc1. The van der Waals surface area contributed by atoms with E-state index in [1.807, 2.05) is 42.5 Å². The molecule has 2 rings (SSSR count). The Bertz CT molecular complexity index is 569. The highest BCUT2D eigenvalue weighted by Gasteiger charge is 2.10. The Kier molecular flexibility index (Phi) is 5.30. The van der Waals surface area contributed by atoms with E-state index in [0.29, 0.717) is 11.6 Å². The molecule has 0 aliphatic carbocycles. The molecule has 20 heavy (non-hydrogen) atoms. The molecule has 2 aromatic carbocycles. The van der Waals surface area contributed by atoms with Crippen LogP contribution in [-0.2, 0) is 6.54 Å². The number of hydrogen-bond acceptors (Lipinski definition) is 2. The largest absolute Gasteiger partial charge is 0.496 e. The average Bonchev–Trinajstić information content (AvgIpc) is 2.46. The monoisotopic (exact) mass is 309 g/mol. The van der Waals surface area contributed by atoms with Gasteiger partial charge in [0.1, 0.15) is 5.75 Å². The van der Waals surface area contributed by atoms with Gasteiger partial charge in [-0.25, -0.2) is 0 Å². The number of ether oxygens (including phenoxy) is 1. The summed E-state index contributed by atoms with van der Waals surface area (Å²) >= 11 is 12.1. The van der Waals surface area contributed by atoms with Crippen LogP contribution >= 0.6 is 23.2 Å². The third-order valence-electron chi connectivity index (χ3n) is 3.25. The second-order valence-corrected chi connectivity index (χ2v) is 5.42. The Labute approximate surface area is 129 Å². The van der Waals surface area contributed by atoms with Crippen molar-refractivity contribution in [2.24, 2.45) is 0 Å². The van der Waals surface area contributed by atoms with Crippen LogP contribution in [-0.4, -0.2) is 7.11 Å². The standard InChI is InChI=1S/C16H17Cl2NO/c1-11(12-6-8-13(17)9-7-12)19-10-14-15(18)4-3-5-16(14)20-2/h3-9,11,19H,10H2,1-2H3/t11-/m0/s1. The zero-order chi connectivity index (χ0) is 14.5. The number of rotatable bonds is 5. The first-order chi connectivity index (χ1) is 9.61. The Morgan fingerprint density at radius 2 is 1.80 bits per heavy atom. The van der Waals surface area contributed by atoms with Gasteiger partial charge < -0.3 is 10.1 Å². The van der Waals surface area contributed by atoms with Crippen molar-refractivity contribution in [1.82, 2.24) is 5.32 Å². The molecule has 0 fully saturated rings. The molecule has 1 atom stereocenters. The van der Waals surface area contributed by atoms with Crippen LogP contribution < -0.4 is 10.1 Å². The van der Waals surface area contributed by atoms with E-state index in [1.165, 1.54) is 5.56 Å². The molecule has 0 spiro atoms. The van der Waals surface area contributed by atoms with Gasteiger partial charge in [0.25, 0.3) is 0 Å². The summed E-state index contributed by atoms with van der Waals surface area (Å²) < 4.78 is 5.34. The highest BCUT2D eigenvalue weighted by atomic mass is 35.5. The second-order valence-electron chi connectivity index (χ2n) is 4.57. The van der Waals surface area contributed by atoms with E-state index in [0.717, 1.165) is 16.3 Å². The highest BCUT2D eigenvalue weighted by molar-refractivity contribution is 6.31. The van der Waals surface area contributed by atoms with Gasteiger partial charge in [0.2, 0.25) is 0 Å². The molecule has 2 nitrogen and oxygen atoms in total. The molecule has 0 bridgehead atoms. The van der Waals surface area contributed by atoms with Crippen molar-refractivity contribution in [1.29, 1.82) is 0 Å². The third kappa shape index (κ3) is 3.66. The molecule has 0 saturated carbocycles. The van der Waals surface area contributed by atoms with Crippen LogP contribution in [0.2, 0.25) is 10.0 Å². The van der Waals surface area contributed by atoms with E-state index in [-0.39, 0.29) is 6.04 Å². The summed E-state index contributed by atoms with van der Waals surface area (Å²) in [5.41, 5.74) is 2.15. The van der Waals surface area contributed by atoms with Gasteiger partial charge in [-0.3, -0.25) is 0 Å². The van der Waals surface area contributed by atoms with Gasteiger partial charge in [-0.05, 0) is 36.8 Å².